The molecule has 1 aliphatic rings. The van der Waals surface area contributed by atoms with Crippen molar-refractivity contribution in [3.63, 3.8) is 0 Å². The summed E-state index contributed by atoms with van der Waals surface area (Å²) >= 11 is 0. The predicted octanol–water partition coefficient (Wildman–Crippen LogP) is -0.333. The highest BCUT2D eigenvalue weighted by Gasteiger charge is 2.21. The summed E-state index contributed by atoms with van der Waals surface area (Å²) in [5.41, 5.74) is 0.818. The van der Waals surface area contributed by atoms with Crippen LogP contribution in [0.25, 0.3) is 11.4 Å². The van der Waals surface area contributed by atoms with Crippen LogP contribution in [0.5, 0.6) is 0 Å². The molecule has 0 saturated carbocycles. The van der Waals surface area contributed by atoms with Gasteiger partial charge in [-0.3, -0.25) is 0 Å². The number of anilines is 1. The molecule has 0 atom stereocenters. The number of nitrogens with one attached hydrogen (secondary N) is 1. The third-order valence-electron chi connectivity index (χ3n) is 2.40. The van der Waals surface area contributed by atoms with Crippen molar-refractivity contribution >= 4 is 5.82 Å². The van der Waals surface area contributed by atoms with E-state index < -0.39 is 0 Å². The van der Waals surface area contributed by atoms with Crippen molar-refractivity contribution in [1.82, 2.24) is 30.6 Å². The monoisotopic (exact) mass is 202 g/mol. The molecule has 0 aliphatic carbocycles. The van der Waals surface area contributed by atoms with Crippen LogP contribution in [0.1, 0.15) is 6.42 Å². The highest BCUT2D eigenvalue weighted by atomic mass is 15.5. The van der Waals surface area contributed by atoms with Gasteiger partial charge in [-0.1, -0.05) is 0 Å². The first-order chi connectivity index (χ1) is 7.45. The standard InChI is InChI=1S/C8H8N7/c1-2-15(3-1)8-6(4-9-5-10-8)7-11-13-14-12-7/h4H,1-3H2,(H,11,12,13,14). The Bertz CT molecular complexity index is 448. The van der Waals surface area contributed by atoms with Crippen molar-refractivity contribution in [2.24, 2.45) is 0 Å². The fraction of sp³-hybridized carbons (Fsp3) is 0.375. The maximum atomic E-state index is 4.13. The molecule has 2 aromatic rings. The Morgan fingerprint density at radius 3 is 3.00 bits per heavy atom. The predicted molar refractivity (Wildman–Crippen MR) is 50.9 cm³/mol. The maximum Gasteiger partial charge on any atom is 0.199 e. The van der Waals surface area contributed by atoms with E-state index in [9.17, 15) is 0 Å². The minimum Gasteiger partial charge on any atom is -0.356 e. The van der Waals surface area contributed by atoms with Crippen LogP contribution in [0.2, 0.25) is 0 Å². The molecule has 1 saturated heterocycles. The van der Waals surface area contributed by atoms with Crippen LogP contribution >= 0.6 is 0 Å². The van der Waals surface area contributed by atoms with Crippen molar-refractivity contribution in [1.29, 1.82) is 0 Å². The lowest BCUT2D eigenvalue weighted by Crippen LogP contribution is -2.38. The van der Waals surface area contributed by atoms with Gasteiger partial charge in [-0.25, -0.2) is 15.1 Å². The molecule has 0 spiro atoms. The van der Waals surface area contributed by atoms with E-state index >= 15 is 0 Å². The van der Waals surface area contributed by atoms with Gasteiger partial charge in [0.15, 0.2) is 12.2 Å². The second-order valence-corrected chi connectivity index (χ2v) is 3.30. The van der Waals surface area contributed by atoms with Gasteiger partial charge in [-0.05, 0) is 16.8 Å². The van der Waals surface area contributed by atoms with E-state index in [1.807, 2.05) is 0 Å². The molecule has 15 heavy (non-hydrogen) atoms. The van der Waals surface area contributed by atoms with E-state index in [2.05, 4.69) is 41.8 Å². The molecule has 1 N–H and O–H groups in total. The Morgan fingerprint density at radius 1 is 1.40 bits per heavy atom. The first kappa shape index (κ1) is 8.27. The number of aromatic amines is 1. The van der Waals surface area contributed by atoms with E-state index in [0.717, 1.165) is 24.5 Å². The van der Waals surface area contributed by atoms with Crippen LogP contribution in [0.3, 0.4) is 0 Å². The summed E-state index contributed by atoms with van der Waals surface area (Å²) in [5.74, 6) is 1.43. The summed E-state index contributed by atoms with van der Waals surface area (Å²) in [6.07, 6.45) is 5.45. The number of tetrazole rings is 1. The van der Waals surface area contributed by atoms with E-state index in [-0.39, 0.29) is 0 Å². The van der Waals surface area contributed by atoms with Crippen molar-refractivity contribution in [3.05, 3.63) is 12.5 Å². The van der Waals surface area contributed by atoms with Crippen molar-refractivity contribution in [2.75, 3.05) is 18.0 Å². The molecule has 7 heteroatoms. The van der Waals surface area contributed by atoms with Gasteiger partial charge in [-0.15, -0.1) is 5.10 Å². The van der Waals surface area contributed by atoms with Crippen molar-refractivity contribution < 1.29 is 0 Å². The number of hydrogen-bond donors (Lipinski definition) is 1. The van der Waals surface area contributed by atoms with Gasteiger partial charge in [0.2, 0.25) is 0 Å². The Balaban J connectivity index is 2.06. The molecule has 0 unspecified atom stereocenters. The topological polar surface area (TPSA) is 83.5 Å². The normalized spacial score (nSPS) is 15.1. The van der Waals surface area contributed by atoms with Crippen LogP contribution in [-0.4, -0.2) is 43.7 Å². The molecule has 75 valence electrons. The smallest absolute Gasteiger partial charge is 0.199 e. The number of hydrogen-bond acceptors (Lipinski definition) is 6. The number of nitrogens with zero attached hydrogens (tertiary/aromatic N) is 6. The molecule has 2 aromatic heterocycles. The van der Waals surface area contributed by atoms with Crippen LogP contribution in [0.4, 0.5) is 5.82 Å². The highest BCUT2D eigenvalue weighted by Crippen LogP contribution is 2.27. The van der Waals surface area contributed by atoms with Gasteiger partial charge in [0.1, 0.15) is 5.82 Å². The second-order valence-electron chi connectivity index (χ2n) is 3.30. The quantitative estimate of drug-likeness (QED) is 0.717. The summed E-state index contributed by atoms with van der Waals surface area (Å²) in [6.45, 7) is 2.03. The maximum absolute atomic E-state index is 4.13. The second kappa shape index (κ2) is 3.26. The average molecular weight is 202 g/mol. The fourth-order valence-electron chi connectivity index (χ4n) is 1.50. The summed E-state index contributed by atoms with van der Waals surface area (Å²) in [7, 11) is 0. The van der Waals surface area contributed by atoms with Gasteiger partial charge in [0, 0.05) is 19.3 Å². The molecule has 3 heterocycles. The number of aromatic nitrogens is 6. The largest absolute Gasteiger partial charge is 0.356 e. The Kier molecular flexibility index (Phi) is 1.80. The molecule has 3 rings (SSSR count). The molecular formula is C8H8N7. The first-order valence-corrected chi connectivity index (χ1v) is 4.67. The van der Waals surface area contributed by atoms with Gasteiger partial charge in [0.05, 0.1) is 5.56 Å². The Labute approximate surface area is 85.6 Å². The Hall–Kier alpha value is -2.05. The van der Waals surface area contributed by atoms with E-state index in [1.54, 1.807) is 6.20 Å². The van der Waals surface area contributed by atoms with Gasteiger partial charge in [0.25, 0.3) is 0 Å². The highest BCUT2D eigenvalue weighted by molar-refractivity contribution is 5.69. The zero-order valence-electron chi connectivity index (χ0n) is 7.88. The van der Waals surface area contributed by atoms with E-state index in [1.165, 1.54) is 6.42 Å². The van der Waals surface area contributed by atoms with Crippen molar-refractivity contribution in [2.45, 2.75) is 6.42 Å². The molecule has 0 aromatic carbocycles. The van der Waals surface area contributed by atoms with Crippen LogP contribution in [0, 0.1) is 6.33 Å². The summed E-state index contributed by atoms with van der Waals surface area (Å²) in [6, 6.07) is 0. The molecule has 0 amide bonds. The average Bonchev–Trinajstić information content (AvgIpc) is 2.69. The summed E-state index contributed by atoms with van der Waals surface area (Å²) in [5, 5.41) is 13.6. The fourth-order valence-corrected chi connectivity index (χ4v) is 1.50. The van der Waals surface area contributed by atoms with Crippen LogP contribution < -0.4 is 4.90 Å². The lowest BCUT2D eigenvalue weighted by atomic mass is 10.2. The molecule has 1 aliphatic heterocycles. The molecule has 0 bridgehead atoms. The van der Waals surface area contributed by atoms with Gasteiger partial charge < -0.3 is 4.90 Å². The van der Waals surface area contributed by atoms with E-state index in [4.69, 9.17) is 0 Å². The summed E-state index contributed by atoms with van der Waals surface area (Å²) < 4.78 is 0. The molecular weight excluding hydrogens is 194 g/mol. The van der Waals surface area contributed by atoms with Crippen LogP contribution in [-0.2, 0) is 0 Å². The van der Waals surface area contributed by atoms with Gasteiger partial charge >= 0.3 is 0 Å². The number of rotatable bonds is 2. The zero-order chi connectivity index (χ0) is 10.1. The van der Waals surface area contributed by atoms with Crippen molar-refractivity contribution in [3.8, 4) is 11.4 Å². The minimum absolute atomic E-state index is 0.589. The lowest BCUT2D eigenvalue weighted by molar-refractivity contribution is 0.609. The summed E-state index contributed by atoms with van der Waals surface area (Å²) in [4.78, 5) is 10.1. The Morgan fingerprint density at radius 2 is 2.33 bits per heavy atom. The molecule has 1 fully saturated rings. The van der Waals surface area contributed by atoms with Crippen LogP contribution in [0.15, 0.2) is 6.20 Å². The van der Waals surface area contributed by atoms with Gasteiger partial charge in [-0.2, -0.15) is 0 Å². The SMILES string of the molecule is [c]1ncc(-c2nnn[nH]2)c(N2CCC2)n1. The lowest BCUT2D eigenvalue weighted by Gasteiger charge is -2.32. The zero-order valence-corrected chi connectivity index (χ0v) is 7.88. The molecule has 7 nitrogen and oxygen atoms in total. The molecule has 1 radical (unpaired) electrons. The van der Waals surface area contributed by atoms with E-state index in [0.29, 0.717) is 5.82 Å². The number of H-pyrrole nitrogens is 1. The third-order valence-corrected chi connectivity index (χ3v) is 2.40. The first-order valence-electron chi connectivity index (χ1n) is 4.67. The minimum atomic E-state index is 0.589. The third kappa shape index (κ3) is 1.32.